The number of hydrogen-bond donors (Lipinski definition) is 0. The minimum Gasteiger partial charge on any atom is -0.245 e. The van der Waals surface area contributed by atoms with Crippen molar-refractivity contribution in [1.82, 2.24) is 0 Å². The van der Waals surface area contributed by atoms with Crippen molar-refractivity contribution in [2.75, 3.05) is 0 Å². The lowest BCUT2D eigenvalue weighted by molar-refractivity contribution is 1.40. The van der Waals surface area contributed by atoms with E-state index < -0.39 is 0 Å². The fraction of sp³-hybridized carbons (Fsp3) is 0.300. The molecule has 0 aliphatic heterocycles. The van der Waals surface area contributed by atoms with Crippen LogP contribution in [0.2, 0.25) is 0 Å². The molecule has 0 N–H and O–H groups in total. The molecule has 0 aromatic heterocycles. The van der Waals surface area contributed by atoms with Gasteiger partial charge in [0.05, 0.1) is 4.91 Å². The van der Waals surface area contributed by atoms with Gasteiger partial charge in [0.25, 0.3) is 0 Å². The average Bonchev–Trinajstić information content (AvgIpc) is 1.97. The fourth-order valence-corrected chi connectivity index (χ4v) is 1.63. The second kappa shape index (κ2) is 6.06. The van der Waals surface area contributed by atoms with E-state index in [0.717, 1.165) is 16.2 Å². The molecule has 3 heteroatoms. The first-order chi connectivity index (χ1) is 5.99. The predicted octanol–water partition coefficient (Wildman–Crippen LogP) is 4.33. The maximum Gasteiger partial charge on any atom is 0.143 e. The maximum atomic E-state index is 5.98. The van der Waals surface area contributed by atoms with Gasteiger partial charge < -0.3 is 0 Å². The standard InChI is InChI=1S/C10H14ClNS/c1-6-13-9(7(2)3)10(11)12-8(4)5/h6H,1-2H2,3-5H3. The van der Waals surface area contributed by atoms with Gasteiger partial charge in [-0.1, -0.05) is 36.5 Å². The third kappa shape index (κ3) is 4.96. The Morgan fingerprint density at radius 3 is 2.23 bits per heavy atom. The van der Waals surface area contributed by atoms with Crippen molar-refractivity contribution in [1.29, 1.82) is 0 Å². The molecule has 0 radical (unpaired) electrons. The van der Waals surface area contributed by atoms with E-state index in [0.29, 0.717) is 5.16 Å². The largest absolute Gasteiger partial charge is 0.245 e. The van der Waals surface area contributed by atoms with Gasteiger partial charge in [0.1, 0.15) is 5.16 Å². The summed E-state index contributed by atoms with van der Waals surface area (Å²) in [5.41, 5.74) is 1.83. The van der Waals surface area contributed by atoms with Gasteiger partial charge >= 0.3 is 0 Å². The van der Waals surface area contributed by atoms with Gasteiger partial charge in [0.15, 0.2) is 0 Å². The Balaban J connectivity index is 4.96. The summed E-state index contributed by atoms with van der Waals surface area (Å²) < 4.78 is 0. The number of thioether (sulfide) groups is 1. The van der Waals surface area contributed by atoms with Gasteiger partial charge in [-0.15, -0.1) is 0 Å². The molecule has 0 fully saturated rings. The second-order valence-electron chi connectivity index (χ2n) is 2.74. The van der Waals surface area contributed by atoms with Gasteiger partial charge in [-0.25, -0.2) is 4.99 Å². The van der Waals surface area contributed by atoms with Crippen LogP contribution < -0.4 is 0 Å². The minimum atomic E-state index is 0.484. The van der Waals surface area contributed by atoms with Crippen LogP contribution in [0.1, 0.15) is 20.8 Å². The fourth-order valence-electron chi connectivity index (χ4n) is 0.656. The second-order valence-corrected chi connectivity index (χ2v) is 4.08. The molecule has 0 rings (SSSR count). The summed E-state index contributed by atoms with van der Waals surface area (Å²) in [6.07, 6.45) is 0. The Labute approximate surface area is 89.3 Å². The molecule has 0 unspecified atom stereocenters. The Morgan fingerprint density at radius 1 is 1.38 bits per heavy atom. The molecular formula is C10H14ClNS. The van der Waals surface area contributed by atoms with Crippen LogP contribution in [-0.2, 0) is 0 Å². The normalized spacial score (nSPS) is 11.7. The third-order valence-corrected chi connectivity index (χ3v) is 2.43. The molecular weight excluding hydrogens is 202 g/mol. The van der Waals surface area contributed by atoms with E-state index in [1.807, 2.05) is 20.8 Å². The summed E-state index contributed by atoms with van der Waals surface area (Å²) in [7, 11) is 0. The molecule has 0 heterocycles. The van der Waals surface area contributed by atoms with E-state index >= 15 is 0 Å². The maximum absolute atomic E-state index is 5.98. The van der Waals surface area contributed by atoms with Crippen molar-refractivity contribution in [3.63, 3.8) is 0 Å². The molecule has 0 aliphatic rings. The summed E-state index contributed by atoms with van der Waals surface area (Å²) in [5, 5.41) is 2.20. The van der Waals surface area contributed by atoms with Crippen molar-refractivity contribution >= 4 is 29.1 Å². The third-order valence-electron chi connectivity index (χ3n) is 1.10. The first-order valence-corrected chi connectivity index (χ1v) is 5.10. The van der Waals surface area contributed by atoms with E-state index in [1.165, 1.54) is 11.8 Å². The summed E-state index contributed by atoms with van der Waals surface area (Å²) in [5.74, 6) is 0. The Morgan fingerprint density at radius 2 is 1.92 bits per heavy atom. The molecule has 0 spiro atoms. The van der Waals surface area contributed by atoms with Crippen molar-refractivity contribution in [3.05, 3.63) is 34.2 Å². The highest BCUT2D eigenvalue weighted by molar-refractivity contribution is 8.06. The lowest BCUT2D eigenvalue weighted by Crippen LogP contribution is -1.85. The molecule has 0 atom stereocenters. The zero-order chi connectivity index (χ0) is 10.4. The zero-order valence-electron chi connectivity index (χ0n) is 8.22. The molecule has 1 nitrogen and oxygen atoms in total. The quantitative estimate of drug-likeness (QED) is 0.386. The lowest BCUT2D eigenvalue weighted by atomic mass is 10.3. The molecule has 72 valence electrons. The van der Waals surface area contributed by atoms with Crippen LogP contribution in [0, 0.1) is 0 Å². The number of rotatable bonds is 4. The smallest absolute Gasteiger partial charge is 0.143 e. The molecule has 0 aromatic rings. The number of allylic oxidation sites excluding steroid dienone is 1. The van der Waals surface area contributed by atoms with Crippen LogP contribution >= 0.6 is 23.4 Å². The number of aliphatic imine (C=N–C) groups is 1. The van der Waals surface area contributed by atoms with E-state index in [9.17, 15) is 0 Å². The van der Waals surface area contributed by atoms with Gasteiger partial charge in [0, 0.05) is 5.71 Å². The van der Waals surface area contributed by atoms with E-state index in [1.54, 1.807) is 5.41 Å². The summed E-state index contributed by atoms with van der Waals surface area (Å²) in [6, 6.07) is 0. The van der Waals surface area contributed by atoms with Crippen LogP contribution in [0.15, 0.2) is 39.2 Å². The molecule has 0 saturated carbocycles. The minimum absolute atomic E-state index is 0.484. The highest BCUT2D eigenvalue weighted by Gasteiger charge is 2.03. The van der Waals surface area contributed by atoms with Gasteiger partial charge in [-0.3, -0.25) is 0 Å². The first kappa shape index (κ1) is 12.5. The Kier molecular flexibility index (Phi) is 5.84. The summed E-state index contributed by atoms with van der Waals surface area (Å²) in [4.78, 5) is 5.02. The molecule has 0 aliphatic carbocycles. The van der Waals surface area contributed by atoms with Crippen LogP contribution in [0.3, 0.4) is 0 Å². The topological polar surface area (TPSA) is 12.4 Å². The SMILES string of the molecule is C=CSC(C(=C)C)=C(Cl)N=C(C)C. The molecule has 13 heavy (non-hydrogen) atoms. The van der Waals surface area contributed by atoms with Crippen LogP contribution in [0.5, 0.6) is 0 Å². The summed E-state index contributed by atoms with van der Waals surface area (Å²) >= 11 is 7.42. The highest BCUT2D eigenvalue weighted by atomic mass is 35.5. The van der Waals surface area contributed by atoms with Crippen LogP contribution in [0.4, 0.5) is 0 Å². The lowest BCUT2D eigenvalue weighted by Gasteiger charge is -2.03. The van der Waals surface area contributed by atoms with Crippen molar-refractivity contribution < 1.29 is 0 Å². The first-order valence-electron chi connectivity index (χ1n) is 3.84. The van der Waals surface area contributed by atoms with Gasteiger partial charge in [-0.2, -0.15) is 0 Å². The van der Waals surface area contributed by atoms with E-state index in [-0.39, 0.29) is 0 Å². The summed E-state index contributed by atoms with van der Waals surface area (Å²) in [6.45, 7) is 13.1. The van der Waals surface area contributed by atoms with E-state index in [2.05, 4.69) is 18.2 Å². The number of hydrogen-bond acceptors (Lipinski definition) is 2. The van der Waals surface area contributed by atoms with Crippen molar-refractivity contribution in [2.45, 2.75) is 20.8 Å². The number of halogens is 1. The molecule has 0 saturated heterocycles. The van der Waals surface area contributed by atoms with E-state index in [4.69, 9.17) is 11.6 Å². The Bertz CT molecular complexity index is 273. The van der Waals surface area contributed by atoms with Crippen LogP contribution in [0.25, 0.3) is 0 Å². The van der Waals surface area contributed by atoms with Gasteiger partial charge in [0.2, 0.25) is 0 Å². The molecule has 0 amide bonds. The predicted molar refractivity (Wildman–Crippen MR) is 64.3 cm³/mol. The van der Waals surface area contributed by atoms with Crippen LogP contribution in [-0.4, -0.2) is 5.71 Å². The van der Waals surface area contributed by atoms with Gasteiger partial charge in [-0.05, 0) is 31.8 Å². The van der Waals surface area contributed by atoms with Crippen molar-refractivity contribution in [3.8, 4) is 0 Å². The Hall–Kier alpha value is -0.470. The molecule has 0 bridgehead atoms. The monoisotopic (exact) mass is 215 g/mol. The molecule has 0 aromatic carbocycles. The van der Waals surface area contributed by atoms with Crippen molar-refractivity contribution in [2.24, 2.45) is 4.99 Å². The number of nitrogens with zero attached hydrogens (tertiary/aromatic N) is 1. The highest BCUT2D eigenvalue weighted by Crippen LogP contribution is 2.29. The average molecular weight is 216 g/mol. The zero-order valence-corrected chi connectivity index (χ0v) is 9.80.